The lowest BCUT2D eigenvalue weighted by molar-refractivity contribution is 0.435. The molecule has 0 radical (unpaired) electrons. The van der Waals surface area contributed by atoms with Crippen LogP contribution in [0.25, 0.3) is 0 Å². The first-order valence-electron chi connectivity index (χ1n) is 7.38. The first kappa shape index (κ1) is 14.6. The maximum Gasteiger partial charge on any atom is 0.225 e. The summed E-state index contributed by atoms with van der Waals surface area (Å²) >= 11 is 5.86. The van der Waals surface area contributed by atoms with E-state index in [1.165, 1.54) is 32.1 Å². The predicted molar refractivity (Wildman–Crippen MR) is 80.8 cm³/mol. The van der Waals surface area contributed by atoms with Crippen LogP contribution in [0.2, 0.25) is 0 Å². The third-order valence-corrected chi connectivity index (χ3v) is 4.33. The molecule has 0 aliphatic carbocycles. The van der Waals surface area contributed by atoms with Crippen LogP contribution in [0.4, 0.5) is 5.95 Å². The van der Waals surface area contributed by atoms with Gasteiger partial charge in [0.15, 0.2) is 0 Å². The van der Waals surface area contributed by atoms with Gasteiger partial charge in [0.25, 0.3) is 0 Å². The average molecular weight is 282 g/mol. The Morgan fingerprint density at radius 3 is 2.89 bits per heavy atom. The van der Waals surface area contributed by atoms with Gasteiger partial charge in [-0.3, -0.25) is 0 Å². The zero-order chi connectivity index (χ0) is 13.7. The summed E-state index contributed by atoms with van der Waals surface area (Å²) in [5.74, 6) is 2.26. The Bertz CT molecular complexity index is 408. The zero-order valence-corrected chi connectivity index (χ0v) is 12.8. The van der Waals surface area contributed by atoms with Crippen molar-refractivity contribution < 1.29 is 0 Å². The fourth-order valence-electron chi connectivity index (χ4n) is 2.83. The van der Waals surface area contributed by atoms with Crippen molar-refractivity contribution in [2.24, 2.45) is 5.92 Å². The zero-order valence-electron chi connectivity index (χ0n) is 12.0. The van der Waals surface area contributed by atoms with Gasteiger partial charge in [0, 0.05) is 30.5 Å². The van der Waals surface area contributed by atoms with Gasteiger partial charge >= 0.3 is 0 Å². The van der Waals surface area contributed by atoms with Crippen LogP contribution >= 0.6 is 11.6 Å². The van der Waals surface area contributed by atoms with E-state index in [0.29, 0.717) is 5.88 Å². The second kappa shape index (κ2) is 7.09. The van der Waals surface area contributed by atoms with Crippen molar-refractivity contribution in [1.82, 2.24) is 9.97 Å². The van der Waals surface area contributed by atoms with Crippen LogP contribution in [0.3, 0.4) is 0 Å². The van der Waals surface area contributed by atoms with Gasteiger partial charge in [0.05, 0.1) is 5.88 Å². The number of rotatable bonds is 4. The van der Waals surface area contributed by atoms with E-state index in [0.717, 1.165) is 36.2 Å². The third-order valence-electron chi connectivity index (χ3n) is 4.04. The van der Waals surface area contributed by atoms with Gasteiger partial charge in [-0.1, -0.05) is 19.8 Å². The molecule has 1 aromatic heterocycles. The summed E-state index contributed by atoms with van der Waals surface area (Å²) < 4.78 is 0. The molecule has 106 valence electrons. The summed E-state index contributed by atoms with van der Waals surface area (Å²) in [6.45, 7) is 6.46. The largest absolute Gasteiger partial charge is 0.341 e. The number of aromatic nitrogens is 2. The van der Waals surface area contributed by atoms with Crippen molar-refractivity contribution in [2.75, 3.05) is 18.0 Å². The fraction of sp³-hybridized carbons (Fsp3) is 0.733. The standard InChI is InChI=1S/C15H24ClN3/c1-3-5-13-6-4-8-19(9-7-13)15-17-11-14(10-16)12(2)18-15/h11,13H,3-10H2,1-2H3. The molecular weight excluding hydrogens is 258 g/mol. The van der Waals surface area contributed by atoms with Gasteiger partial charge in [0.2, 0.25) is 5.95 Å². The van der Waals surface area contributed by atoms with Crippen LogP contribution in [0, 0.1) is 12.8 Å². The predicted octanol–water partition coefficient (Wildman–Crippen LogP) is 3.93. The van der Waals surface area contributed by atoms with Crippen LogP contribution in [0.5, 0.6) is 0 Å². The quantitative estimate of drug-likeness (QED) is 0.783. The smallest absolute Gasteiger partial charge is 0.225 e. The van der Waals surface area contributed by atoms with Gasteiger partial charge in [-0.15, -0.1) is 11.6 Å². The molecule has 1 atom stereocenters. The van der Waals surface area contributed by atoms with Crippen molar-refractivity contribution in [3.8, 4) is 0 Å². The molecule has 1 unspecified atom stereocenters. The van der Waals surface area contributed by atoms with Gasteiger partial charge in [-0.05, 0) is 32.1 Å². The molecule has 1 aliphatic rings. The van der Waals surface area contributed by atoms with E-state index in [1.807, 2.05) is 13.1 Å². The minimum atomic E-state index is 0.491. The van der Waals surface area contributed by atoms with E-state index in [1.54, 1.807) is 0 Å². The molecule has 0 amide bonds. The van der Waals surface area contributed by atoms with E-state index in [4.69, 9.17) is 11.6 Å². The van der Waals surface area contributed by atoms with Gasteiger partial charge in [-0.25, -0.2) is 9.97 Å². The van der Waals surface area contributed by atoms with Gasteiger partial charge in [-0.2, -0.15) is 0 Å². The first-order chi connectivity index (χ1) is 9.24. The summed E-state index contributed by atoms with van der Waals surface area (Å²) in [5, 5.41) is 0. The van der Waals surface area contributed by atoms with Crippen molar-refractivity contribution in [1.29, 1.82) is 0 Å². The van der Waals surface area contributed by atoms with Crippen molar-refractivity contribution in [2.45, 2.75) is 51.8 Å². The van der Waals surface area contributed by atoms with E-state index in [9.17, 15) is 0 Å². The molecule has 0 N–H and O–H groups in total. The molecule has 0 aromatic carbocycles. The Kier molecular flexibility index (Phi) is 5.44. The summed E-state index contributed by atoms with van der Waals surface area (Å²) in [4.78, 5) is 11.4. The molecule has 4 heteroatoms. The molecule has 0 saturated carbocycles. The highest BCUT2D eigenvalue weighted by Gasteiger charge is 2.18. The highest BCUT2D eigenvalue weighted by Crippen LogP contribution is 2.24. The normalized spacial score (nSPS) is 20.4. The molecule has 0 bridgehead atoms. The van der Waals surface area contributed by atoms with Gasteiger partial charge < -0.3 is 4.90 Å². The van der Waals surface area contributed by atoms with Crippen molar-refractivity contribution in [3.63, 3.8) is 0 Å². The van der Waals surface area contributed by atoms with Gasteiger partial charge in [0.1, 0.15) is 0 Å². The van der Waals surface area contributed by atoms with Crippen LogP contribution in [0.1, 0.15) is 50.3 Å². The van der Waals surface area contributed by atoms with E-state index in [-0.39, 0.29) is 0 Å². The number of nitrogens with zero attached hydrogens (tertiary/aromatic N) is 3. The van der Waals surface area contributed by atoms with Crippen molar-refractivity contribution in [3.05, 3.63) is 17.5 Å². The minimum Gasteiger partial charge on any atom is -0.341 e. The van der Waals surface area contributed by atoms with Crippen molar-refractivity contribution >= 4 is 17.5 Å². The molecule has 0 spiro atoms. The molecule has 1 aliphatic heterocycles. The fourth-order valence-corrected chi connectivity index (χ4v) is 3.09. The topological polar surface area (TPSA) is 29.0 Å². The number of anilines is 1. The Labute approximate surface area is 121 Å². The van der Waals surface area contributed by atoms with Crippen LogP contribution in [-0.4, -0.2) is 23.1 Å². The number of hydrogen-bond donors (Lipinski definition) is 0. The minimum absolute atomic E-state index is 0.491. The second-order valence-electron chi connectivity index (χ2n) is 5.49. The lowest BCUT2D eigenvalue weighted by Crippen LogP contribution is -2.26. The highest BCUT2D eigenvalue weighted by atomic mass is 35.5. The Hall–Kier alpha value is -0.830. The molecule has 3 nitrogen and oxygen atoms in total. The second-order valence-corrected chi connectivity index (χ2v) is 5.75. The number of aryl methyl sites for hydroxylation is 1. The lowest BCUT2D eigenvalue weighted by atomic mass is 9.96. The molecular formula is C15H24ClN3. The maximum absolute atomic E-state index is 5.86. The van der Waals surface area contributed by atoms with E-state index in [2.05, 4.69) is 21.8 Å². The van der Waals surface area contributed by atoms with E-state index >= 15 is 0 Å². The Morgan fingerprint density at radius 2 is 2.21 bits per heavy atom. The Morgan fingerprint density at radius 1 is 1.37 bits per heavy atom. The summed E-state index contributed by atoms with van der Waals surface area (Å²) in [6.07, 6.45) is 8.41. The third kappa shape index (κ3) is 3.82. The molecule has 2 heterocycles. The lowest BCUT2D eigenvalue weighted by Gasteiger charge is -2.21. The molecule has 1 aromatic rings. The molecule has 1 fully saturated rings. The molecule has 1 saturated heterocycles. The van der Waals surface area contributed by atoms with E-state index < -0.39 is 0 Å². The molecule has 19 heavy (non-hydrogen) atoms. The summed E-state index contributed by atoms with van der Waals surface area (Å²) in [6, 6.07) is 0. The molecule has 2 rings (SSSR count). The number of alkyl halides is 1. The van der Waals surface area contributed by atoms with Crippen LogP contribution < -0.4 is 4.90 Å². The first-order valence-corrected chi connectivity index (χ1v) is 7.91. The van der Waals surface area contributed by atoms with Crippen LogP contribution in [-0.2, 0) is 5.88 Å². The highest BCUT2D eigenvalue weighted by molar-refractivity contribution is 6.17. The average Bonchev–Trinajstić information content (AvgIpc) is 2.65. The Balaban J connectivity index is 2.03. The summed E-state index contributed by atoms with van der Waals surface area (Å²) in [5.41, 5.74) is 2.04. The number of hydrogen-bond acceptors (Lipinski definition) is 3. The number of halogens is 1. The SMILES string of the molecule is CCCC1CCCN(c2ncc(CCl)c(C)n2)CC1. The monoisotopic (exact) mass is 281 g/mol. The summed E-state index contributed by atoms with van der Waals surface area (Å²) in [7, 11) is 0. The maximum atomic E-state index is 5.86. The van der Waals surface area contributed by atoms with Crippen LogP contribution in [0.15, 0.2) is 6.20 Å².